The Kier molecular flexibility index (Phi) is 7.27. The van der Waals surface area contributed by atoms with Gasteiger partial charge >= 0.3 is 0 Å². The van der Waals surface area contributed by atoms with Crippen molar-refractivity contribution in [2.24, 2.45) is 0 Å². The maximum atomic E-state index is 12.9. The smallest absolute Gasteiger partial charge is 0.270 e. The number of halogens is 1. The molecule has 8 heteroatoms. The van der Waals surface area contributed by atoms with Crippen LogP contribution in [-0.4, -0.2) is 49.2 Å². The van der Waals surface area contributed by atoms with Crippen molar-refractivity contribution in [2.75, 3.05) is 38.3 Å². The first-order valence-electron chi connectivity index (χ1n) is 7.53. The first-order valence-corrected chi connectivity index (χ1v) is 10.5. The van der Waals surface area contributed by atoms with Crippen LogP contribution in [0.1, 0.15) is 9.67 Å². The molecule has 4 nitrogen and oxygen atoms in total. The van der Waals surface area contributed by atoms with Crippen LogP contribution in [0, 0.1) is 0 Å². The molecular weight excluding hydrogens is 394 g/mol. The van der Waals surface area contributed by atoms with Crippen molar-refractivity contribution in [2.45, 2.75) is 4.90 Å². The van der Waals surface area contributed by atoms with E-state index < -0.39 is 0 Å². The van der Waals surface area contributed by atoms with Crippen LogP contribution in [0.2, 0.25) is 0 Å². The Labute approximate surface area is 166 Å². The molecule has 1 amide bonds. The van der Waals surface area contributed by atoms with Gasteiger partial charge in [-0.25, -0.2) is 4.98 Å². The van der Waals surface area contributed by atoms with Crippen LogP contribution in [0.25, 0.3) is 10.2 Å². The Morgan fingerprint density at radius 2 is 2.04 bits per heavy atom. The summed E-state index contributed by atoms with van der Waals surface area (Å²) in [5, 5.41) is 2.70. The molecule has 0 spiro atoms. The molecule has 0 N–H and O–H groups in total. The summed E-state index contributed by atoms with van der Waals surface area (Å²) in [6.45, 7) is 1.42. The molecule has 3 rings (SSSR count). The second-order valence-corrected chi connectivity index (χ2v) is 8.40. The van der Waals surface area contributed by atoms with Crippen LogP contribution in [0.4, 0.5) is 5.13 Å². The van der Waals surface area contributed by atoms with Crippen LogP contribution < -0.4 is 4.90 Å². The van der Waals surface area contributed by atoms with Gasteiger partial charge in [0.05, 0.1) is 15.1 Å². The first-order chi connectivity index (χ1) is 11.6. The van der Waals surface area contributed by atoms with Gasteiger partial charge in [0.15, 0.2) is 5.13 Å². The van der Waals surface area contributed by atoms with E-state index in [2.05, 4.69) is 23.3 Å². The standard InChI is InChI=1S/C17H19N3OS3.ClH/c1-19(2)8-9-20(16(21)14-5-4-10-23-14)17-18-13-7-6-12(22-3)11-15(13)24-17;/h4-7,10-11H,8-9H2,1-3H3;1H. The van der Waals surface area contributed by atoms with E-state index in [0.29, 0.717) is 6.54 Å². The Hall–Kier alpha value is -1.12. The van der Waals surface area contributed by atoms with Crippen molar-refractivity contribution in [1.29, 1.82) is 0 Å². The van der Waals surface area contributed by atoms with E-state index in [0.717, 1.165) is 26.8 Å². The number of fused-ring (bicyclic) bond motifs is 1. The topological polar surface area (TPSA) is 36.4 Å². The fourth-order valence-corrected chi connectivity index (χ4v) is 4.47. The second kappa shape index (κ2) is 9.00. The van der Waals surface area contributed by atoms with Gasteiger partial charge in [-0.05, 0) is 50.0 Å². The number of amides is 1. The van der Waals surface area contributed by atoms with Crippen molar-refractivity contribution >= 4 is 68.1 Å². The Morgan fingerprint density at radius 3 is 2.68 bits per heavy atom. The van der Waals surface area contributed by atoms with Crippen molar-refractivity contribution in [1.82, 2.24) is 9.88 Å². The molecule has 0 saturated heterocycles. The van der Waals surface area contributed by atoms with E-state index in [-0.39, 0.29) is 18.3 Å². The molecule has 0 aliphatic carbocycles. The summed E-state index contributed by atoms with van der Waals surface area (Å²) < 4.78 is 1.12. The molecule has 0 unspecified atom stereocenters. The number of benzene rings is 1. The molecule has 2 aromatic heterocycles. The van der Waals surface area contributed by atoms with E-state index in [1.165, 1.54) is 16.2 Å². The maximum absolute atomic E-state index is 12.9. The van der Waals surface area contributed by atoms with E-state index in [9.17, 15) is 4.79 Å². The first kappa shape index (κ1) is 20.2. The van der Waals surface area contributed by atoms with Crippen molar-refractivity contribution in [3.8, 4) is 0 Å². The lowest BCUT2D eigenvalue weighted by Crippen LogP contribution is -2.36. The predicted molar refractivity (Wildman–Crippen MR) is 113 cm³/mol. The highest BCUT2D eigenvalue weighted by atomic mass is 35.5. The lowest BCUT2D eigenvalue weighted by Gasteiger charge is -2.21. The minimum atomic E-state index is 0. The average molecular weight is 414 g/mol. The van der Waals surface area contributed by atoms with E-state index in [4.69, 9.17) is 4.98 Å². The summed E-state index contributed by atoms with van der Waals surface area (Å²) in [5.41, 5.74) is 0.946. The van der Waals surface area contributed by atoms with E-state index in [1.54, 1.807) is 28.0 Å². The molecule has 1 aromatic carbocycles. The number of carbonyl (C=O) groups is 1. The zero-order valence-corrected chi connectivity index (χ0v) is 17.5. The largest absolute Gasteiger partial charge is 0.308 e. The van der Waals surface area contributed by atoms with Crippen LogP contribution in [0.3, 0.4) is 0 Å². The highest BCUT2D eigenvalue weighted by molar-refractivity contribution is 7.98. The predicted octanol–water partition coefficient (Wildman–Crippen LogP) is 4.71. The Morgan fingerprint density at radius 1 is 1.24 bits per heavy atom. The lowest BCUT2D eigenvalue weighted by atomic mass is 10.3. The number of thioether (sulfide) groups is 1. The molecule has 0 saturated carbocycles. The quantitative estimate of drug-likeness (QED) is 0.548. The molecule has 0 radical (unpaired) electrons. The summed E-state index contributed by atoms with van der Waals surface area (Å²) >= 11 is 4.76. The molecule has 3 aromatic rings. The minimum absolute atomic E-state index is 0. The van der Waals surface area contributed by atoms with Gasteiger partial charge in [0, 0.05) is 18.0 Å². The minimum Gasteiger partial charge on any atom is -0.308 e. The van der Waals surface area contributed by atoms with Gasteiger partial charge in [0.2, 0.25) is 0 Å². The van der Waals surface area contributed by atoms with Crippen LogP contribution >= 0.6 is 46.8 Å². The number of thiophene rings is 1. The van der Waals surface area contributed by atoms with Crippen molar-refractivity contribution in [3.63, 3.8) is 0 Å². The van der Waals surface area contributed by atoms with Crippen LogP contribution in [0.5, 0.6) is 0 Å². The number of carbonyl (C=O) groups excluding carboxylic acids is 1. The molecule has 0 aliphatic heterocycles. The maximum Gasteiger partial charge on any atom is 0.270 e. The molecule has 0 aliphatic rings. The summed E-state index contributed by atoms with van der Waals surface area (Å²) in [7, 11) is 4.02. The monoisotopic (exact) mass is 413 g/mol. The molecular formula is C17H20ClN3OS3. The number of hydrogen-bond donors (Lipinski definition) is 0. The molecule has 2 heterocycles. The number of aromatic nitrogens is 1. The molecule has 0 atom stereocenters. The summed E-state index contributed by atoms with van der Waals surface area (Å²) in [4.78, 5) is 23.4. The van der Waals surface area contributed by atoms with Crippen LogP contribution in [-0.2, 0) is 0 Å². The number of anilines is 1. The fourth-order valence-electron chi connectivity index (χ4n) is 2.25. The second-order valence-electron chi connectivity index (χ2n) is 5.57. The Bertz CT molecular complexity index is 833. The van der Waals surface area contributed by atoms with E-state index in [1.807, 2.05) is 37.7 Å². The molecule has 134 valence electrons. The number of hydrogen-bond acceptors (Lipinski definition) is 6. The third kappa shape index (κ3) is 4.74. The third-order valence-corrected chi connectivity index (χ3v) is 6.19. The SMILES string of the molecule is CSc1ccc2nc(N(CCN(C)C)C(=O)c3cccs3)sc2c1.Cl. The molecule has 25 heavy (non-hydrogen) atoms. The van der Waals surface area contributed by atoms with Gasteiger partial charge in [-0.3, -0.25) is 9.69 Å². The van der Waals surface area contributed by atoms with Crippen LogP contribution in [0.15, 0.2) is 40.6 Å². The van der Waals surface area contributed by atoms with Gasteiger partial charge in [-0.1, -0.05) is 17.4 Å². The van der Waals surface area contributed by atoms with Crippen molar-refractivity contribution in [3.05, 3.63) is 40.6 Å². The highest BCUT2D eigenvalue weighted by Crippen LogP contribution is 2.32. The van der Waals surface area contributed by atoms with Gasteiger partial charge in [0.1, 0.15) is 0 Å². The van der Waals surface area contributed by atoms with Gasteiger partial charge < -0.3 is 4.90 Å². The summed E-state index contributed by atoms with van der Waals surface area (Å²) in [6.07, 6.45) is 2.06. The number of nitrogens with zero attached hydrogens (tertiary/aromatic N) is 3. The fraction of sp³-hybridized carbons (Fsp3) is 0.294. The molecule has 0 fully saturated rings. The number of likely N-dealkylation sites (N-methyl/N-ethyl adjacent to an activating group) is 1. The zero-order chi connectivity index (χ0) is 17.1. The number of rotatable bonds is 6. The van der Waals surface area contributed by atoms with Gasteiger partial charge in [-0.15, -0.1) is 35.5 Å². The normalized spacial score (nSPS) is 10.9. The van der Waals surface area contributed by atoms with Gasteiger partial charge in [-0.2, -0.15) is 0 Å². The zero-order valence-electron chi connectivity index (χ0n) is 14.3. The Balaban J connectivity index is 0.00000225. The average Bonchev–Trinajstić information content (AvgIpc) is 3.23. The lowest BCUT2D eigenvalue weighted by molar-refractivity contribution is 0.0989. The number of thiazole rings is 1. The summed E-state index contributed by atoms with van der Waals surface area (Å²) in [5.74, 6) is 0.0241. The van der Waals surface area contributed by atoms with Gasteiger partial charge in [0.25, 0.3) is 5.91 Å². The third-order valence-electron chi connectivity index (χ3n) is 3.56. The van der Waals surface area contributed by atoms with Crippen molar-refractivity contribution < 1.29 is 4.79 Å². The molecule has 0 bridgehead atoms. The van der Waals surface area contributed by atoms with E-state index >= 15 is 0 Å². The highest BCUT2D eigenvalue weighted by Gasteiger charge is 2.22. The summed E-state index contributed by atoms with van der Waals surface area (Å²) in [6, 6.07) is 10.0.